The number of anilines is 2. The van der Waals surface area contributed by atoms with Gasteiger partial charge >= 0.3 is 0 Å². The van der Waals surface area contributed by atoms with Crippen molar-refractivity contribution in [1.82, 2.24) is 10.5 Å². The number of hydroxylamine groups is 1. The zero-order valence-corrected chi connectivity index (χ0v) is 17.6. The molecule has 1 aromatic carbocycles. The maximum Gasteiger partial charge on any atom is 0.287 e. The van der Waals surface area contributed by atoms with Gasteiger partial charge in [-0.25, -0.2) is 9.87 Å². The number of nitrogens with one attached hydrogen (secondary N) is 2. The first-order valence-electron chi connectivity index (χ1n) is 9.46. The molecule has 2 aromatic heterocycles. The average Bonchev–Trinajstić information content (AvgIpc) is 3.24. The molecule has 1 aliphatic heterocycles. The van der Waals surface area contributed by atoms with Crippen molar-refractivity contribution in [1.29, 1.82) is 0 Å². The van der Waals surface area contributed by atoms with Crippen LogP contribution >= 0.6 is 11.3 Å². The van der Waals surface area contributed by atoms with Crippen LogP contribution in [0, 0.1) is 5.82 Å². The van der Waals surface area contributed by atoms with Gasteiger partial charge in [0.1, 0.15) is 31.3 Å². The molecule has 3 heterocycles. The summed E-state index contributed by atoms with van der Waals surface area (Å²) in [6.45, 7) is 4.17. The Morgan fingerprint density at radius 1 is 1.43 bits per heavy atom. The molecule has 30 heavy (non-hydrogen) atoms. The van der Waals surface area contributed by atoms with E-state index >= 15 is 0 Å². The molecule has 0 saturated carbocycles. The number of thiophene rings is 1. The number of ether oxygens (including phenoxy) is 2. The molecule has 1 aliphatic rings. The molecule has 7 nitrogen and oxygen atoms in total. The van der Waals surface area contributed by atoms with Crippen molar-refractivity contribution >= 4 is 52.0 Å². The van der Waals surface area contributed by atoms with Crippen molar-refractivity contribution in [3.05, 3.63) is 47.4 Å². The molecular formula is C20H21BFN3O4S. The summed E-state index contributed by atoms with van der Waals surface area (Å²) < 4.78 is 26.3. The second-order valence-corrected chi connectivity index (χ2v) is 8.53. The van der Waals surface area contributed by atoms with Gasteiger partial charge in [0.05, 0.1) is 22.7 Å². The Morgan fingerprint density at radius 2 is 2.27 bits per heavy atom. The van der Waals surface area contributed by atoms with Crippen LogP contribution in [-0.2, 0) is 14.3 Å². The lowest BCUT2D eigenvalue weighted by atomic mass is 9.96. The number of hydrogen-bond donors (Lipinski definition) is 2. The number of nitrogens with zero attached hydrogens (tertiary/aromatic N) is 1. The topological polar surface area (TPSA) is 81.7 Å². The Morgan fingerprint density at radius 3 is 3.00 bits per heavy atom. The van der Waals surface area contributed by atoms with Crippen molar-refractivity contribution in [2.24, 2.45) is 0 Å². The van der Waals surface area contributed by atoms with Gasteiger partial charge < -0.3 is 14.8 Å². The molecular weight excluding hydrogens is 408 g/mol. The first-order chi connectivity index (χ1) is 14.3. The molecule has 0 unspecified atom stereocenters. The van der Waals surface area contributed by atoms with Gasteiger partial charge in [0.15, 0.2) is 5.79 Å². The predicted molar refractivity (Wildman–Crippen MR) is 116 cm³/mol. The van der Waals surface area contributed by atoms with Gasteiger partial charge in [-0.2, -0.15) is 0 Å². The zero-order chi connectivity index (χ0) is 21.3. The maximum atomic E-state index is 14.4. The highest BCUT2D eigenvalue weighted by molar-refractivity contribution is 7.21. The number of pyridine rings is 1. The molecule has 2 N–H and O–H groups in total. The van der Waals surface area contributed by atoms with Gasteiger partial charge in [-0.1, -0.05) is 11.5 Å². The van der Waals surface area contributed by atoms with Gasteiger partial charge in [-0.05, 0) is 32.0 Å². The Bertz CT molecular complexity index is 1090. The monoisotopic (exact) mass is 429 g/mol. The summed E-state index contributed by atoms with van der Waals surface area (Å²) in [5, 5.41) is 3.83. The molecule has 10 heteroatoms. The van der Waals surface area contributed by atoms with Crippen LogP contribution in [0.25, 0.3) is 10.1 Å². The van der Waals surface area contributed by atoms with Crippen molar-refractivity contribution in [3.63, 3.8) is 0 Å². The minimum absolute atomic E-state index is 0.150. The largest absolute Gasteiger partial charge is 0.351 e. The van der Waals surface area contributed by atoms with Gasteiger partial charge in [-0.3, -0.25) is 14.6 Å². The molecule has 3 aromatic rings. The van der Waals surface area contributed by atoms with E-state index in [2.05, 4.69) is 15.8 Å². The summed E-state index contributed by atoms with van der Waals surface area (Å²) in [5.41, 5.74) is 4.04. The summed E-state index contributed by atoms with van der Waals surface area (Å²) >= 11 is 1.25. The number of carbonyl (C=O) groups excluding carboxylic acids is 1. The third-order valence-electron chi connectivity index (χ3n) is 4.58. The average molecular weight is 429 g/mol. The molecule has 0 spiro atoms. The van der Waals surface area contributed by atoms with Gasteiger partial charge in [0.2, 0.25) is 0 Å². The number of benzene rings is 1. The van der Waals surface area contributed by atoms with Gasteiger partial charge in [0, 0.05) is 17.8 Å². The Balaban J connectivity index is 1.53. The van der Waals surface area contributed by atoms with E-state index < -0.39 is 17.5 Å². The first-order valence-corrected chi connectivity index (χ1v) is 10.3. The number of amides is 1. The fourth-order valence-corrected chi connectivity index (χ4v) is 4.19. The minimum Gasteiger partial charge on any atom is -0.351 e. The molecule has 0 bridgehead atoms. The van der Waals surface area contributed by atoms with E-state index in [9.17, 15) is 9.18 Å². The van der Waals surface area contributed by atoms with Gasteiger partial charge in [-0.15, -0.1) is 11.3 Å². The van der Waals surface area contributed by atoms with E-state index in [1.54, 1.807) is 30.6 Å². The van der Waals surface area contributed by atoms with Crippen LogP contribution in [-0.4, -0.2) is 43.8 Å². The van der Waals surface area contributed by atoms with Crippen LogP contribution in [0.4, 0.5) is 15.8 Å². The second-order valence-electron chi connectivity index (χ2n) is 7.48. The lowest BCUT2D eigenvalue weighted by Crippen LogP contribution is -2.30. The summed E-state index contributed by atoms with van der Waals surface area (Å²) in [6.07, 6.45) is 3.02. The Hall–Kier alpha value is -2.53. The standard InChI is InChI=1S/C20H21BFN3O4S/c1-20(2)27-9-12(29-20)10-28-25-19(26)18-17(13-5-6-23-8-16(13)30-18)24-15-4-3-11(21)7-14(15)22/h3-8,12,24H,9-10,21H2,1-2H3,(H,25,26)/t12-/m1/s1. The molecule has 1 amide bonds. The summed E-state index contributed by atoms with van der Waals surface area (Å²) in [6, 6.07) is 6.67. The number of rotatable bonds is 6. The quantitative estimate of drug-likeness (QED) is 0.462. The van der Waals surface area contributed by atoms with Crippen LogP contribution < -0.4 is 16.3 Å². The Labute approximate surface area is 177 Å². The minimum atomic E-state index is -0.661. The fourth-order valence-electron chi connectivity index (χ4n) is 3.18. The summed E-state index contributed by atoms with van der Waals surface area (Å²) in [5.74, 6) is -1.50. The van der Waals surface area contributed by atoms with Crippen LogP contribution in [0.5, 0.6) is 0 Å². The van der Waals surface area contributed by atoms with Crippen LogP contribution in [0.3, 0.4) is 0 Å². The summed E-state index contributed by atoms with van der Waals surface area (Å²) in [7, 11) is 1.81. The van der Waals surface area contributed by atoms with Crippen LogP contribution in [0.1, 0.15) is 23.5 Å². The molecule has 4 rings (SSSR count). The van der Waals surface area contributed by atoms with E-state index in [0.29, 0.717) is 17.2 Å². The van der Waals surface area contributed by atoms with Crippen molar-refractivity contribution in [3.8, 4) is 0 Å². The fraction of sp³-hybridized carbons (Fsp3) is 0.300. The molecule has 0 aliphatic carbocycles. The van der Waals surface area contributed by atoms with E-state index in [0.717, 1.165) is 15.5 Å². The van der Waals surface area contributed by atoms with E-state index in [1.165, 1.54) is 17.4 Å². The highest BCUT2D eigenvalue weighted by atomic mass is 32.1. The lowest BCUT2D eigenvalue weighted by molar-refractivity contribution is -0.147. The van der Waals surface area contributed by atoms with Crippen molar-refractivity contribution < 1.29 is 23.5 Å². The third-order valence-corrected chi connectivity index (χ3v) is 5.72. The van der Waals surface area contributed by atoms with Gasteiger partial charge in [0.25, 0.3) is 5.91 Å². The predicted octanol–water partition coefficient (Wildman–Crippen LogP) is 2.25. The smallest absolute Gasteiger partial charge is 0.287 e. The zero-order valence-electron chi connectivity index (χ0n) is 16.8. The third kappa shape index (κ3) is 4.46. The molecule has 0 radical (unpaired) electrons. The number of carbonyl (C=O) groups is 1. The number of hydrogen-bond acceptors (Lipinski definition) is 7. The number of aromatic nitrogens is 1. The molecule has 1 atom stereocenters. The summed E-state index contributed by atoms with van der Waals surface area (Å²) in [4.78, 5) is 22.6. The van der Waals surface area contributed by atoms with Crippen LogP contribution in [0.2, 0.25) is 0 Å². The molecule has 1 saturated heterocycles. The van der Waals surface area contributed by atoms with Crippen molar-refractivity contribution in [2.45, 2.75) is 25.7 Å². The SMILES string of the molecule is Bc1ccc(Nc2c(C(=O)NOC[C@H]3COC(C)(C)O3)sc3cnccc23)c(F)c1. The lowest BCUT2D eigenvalue weighted by Gasteiger charge is -2.17. The highest BCUT2D eigenvalue weighted by Crippen LogP contribution is 2.37. The van der Waals surface area contributed by atoms with Crippen molar-refractivity contribution in [2.75, 3.05) is 18.5 Å². The maximum absolute atomic E-state index is 14.4. The molecule has 156 valence electrons. The van der Waals surface area contributed by atoms with E-state index in [4.69, 9.17) is 14.3 Å². The second kappa shape index (κ2) is 8.31. The normalized spacial score (nSPS) is 17.9. The Kier molecular flexibility index (Phi) is 5.74. The molecule has 1 fully saturated rings. The van der Waals surface area contributed by atoms with E-state index in [1.807, 2.05) is 21.7 Å². The highest BCUT2D eigenvalue weighted by Gasteiger charge is 2.33. The van der Waals surface area contributed by atoms with E-state index in [-0.39, 0.29) is 18.4 Å². The van der Waals surface area contributed by atoms with Crippen LogP contribution in [0.15, 0.2) is 36.7 Å². The first kappa shape index (κ1) is 20.7. The number of fused-ring (bicyclic) bond motifs is 1. The number of halogens is 1.